The zero-order valence-electron chi connectivity index (χ0n) is 18.2. The fourth-order valence-electron chi connectivity index (χ4n) is 3.84. The van der Waals surface area contributed by atoms with Gasteiger partial charge in [0.15, 0.2) is 15.8 Å². The van der Waals surface area contributed by atoms with E-state index in [4.69, 9.17) is 0 Å². The van der Waals surface area contributed by atoms with Crippen molar-refractivity contribution in [3.8, 4) is 0 Å². The van der Waals surface area contributed by atoms with Crippen molar-refractivity contribution in [1.29, 1.82) is 0 Å². The first-order chi connectivity index (χ1) is 14.5. The highest BCUT2D eigenvalue weighted by molar-refractivity contribution is 14.0. The Morgan fingerprint density at radius 3 is 2.35 bits per heavy atom. The lowest BCUT2D eigenvalue weighted by atomic mass is 9.97. The summed E-state index contributed by atoms with van der Waals surface area (Å²) in [5.41, 5.74) is 1.34. The molecule has 0 radical (unpaired) electrons. The van der Waals surface area contributed by atoms with Crippen molar-refractivity contribution in [2.45, 2.75) is 43.3 Å². The van der Waals surface area contributed by atoms with Crippen LogP contribution in [-0.4, -0.2) is 57.3 Å². The Kier molecular flexibility index (Phi) is 10.2. The predicted molar refractivity (Wildman–Crippen MR) is 138 cm³/mol. The minimum absolute atomic E-state index is 0. The molecule has 2 N–H and O–H groups in total. The van der Waals surface area contributed by atoms with Gasteiger partial charge in [0.05, 0.1) is 10.6 Å². The highest BCUT2D eigenvalue weighted by atomic mass is 127. The third-order valence-corrected chi connectivity index (χ3v) is 7.30. The van der Waals surface area contributed by atoms with Crippen molar-refractivity contribution in [3.05, 3.63) is 66.2 Å². The Morgan fingerprint density at radius 2 is 1.74 bits per heavy atom. The molecule has 170 valence electrons. The molecular weight excluding hydrogens is 523 g/mol. The molecular formula is C23H33IN4O2S. The zero-order valence-corrected chi connectivity index (χ0v) is 21.3. The first kappa shape index (κ1) is 25.6. The normalized spacial score (nSPS) is 20.0. The minimum atomic E-state index is -3.30. The van der Waals surface area contributed by atoms with Gasteiger partial charge in [-0.25, -0.2) is 8.42 Å². The fraction of sp³-hybridized carbons (Fsp3) is 0.435. The summed E-state index contributed by atoms with van der Waals surface area (Å²) < 4.78 is 24.8. The van der Waals surface area contributed by atoms with Gasteiger partial charge in [0.1, 0.15) is 0 Å². The van der Waals surface area contributed by atoms with E-state index in [9.17, 15) is 8.42 Å². The van der Waals surface area contributed by atoms with Crippen LogP contribution in [0.1, 0.15) is 25.3 Å². The number of sulfone groups is 1. The van der Waals surface area contributed by atoms with Crippen LogP contribution in [0.2, 0.25) is 0 Å². The number of nitrogens with zero attached hydrogens (tertiary/aromatic N) is 2. The summed E-state index contributed by atoms with van der Waals surface area (Å²) in [7, 11) is -1.58. The smallest absolute Gasteiger partial charge is 0.191 e. The van der Waals surface area contributed by atoms with Crippen molar-refractivity contribution in [3.63, 3.8) is 0 Å². The van der Waals surface area contributed by atoms with Crippen LogP contribution in [0.25, 0.3) is 0 Å². The molecule has 1 aliphatic rings. The molecule has 1 heterocycles. The second kappa shape index (κ2) is 12.4. The summed E-state index contributed by atoms with van der Waals surface area (Å²) in [6.45, 7) is 4.57. The molecule has 1 aliphatic heterocycles. The monoisotopic (exact) mass is 556 g/mol. The number of halogens is 1. The molecule has 2 aromatic rings. The Bertz CT molecular complexity index is 923. The van der Waals surface area contributed by atoms with Crippen molar-refractivity contribution in [1.82, 2.24) is 15.5 Å². The van der Waals surface area contributed by atoms with E-state index in [2.05, 4.69) is 51.7 Å². The molecule has 0 amide bonds. The number of guanidine groups is 1. The molecule has 31 heavy (non-hydrogen) atoms. The van der Waals surface area contributed by atoms with Crippen molar-refractivity contribution >= 4 is 39.8 Å². The number of likely N-dealkylation sites (tertiary alicyclic amines) is 1. The molecule has 0 aromatic heterocycles. The van der Waals surface area contributed by atoms with Crippen LogP contribution in [0, 0.1) is 0 Å². The average Bonchev–Trinajstić information content (AvgIpc) is 2.76. The second-order valence-corrected chi connectivity index (χ2v) is 9.91. The number of aliphatic imine (C=N–C) groups is 1. The lowest BCUT2D eigenvalue weighted by molar-refractivity contribution is 0.134. The van der Waals surface area contributed by atoms with Crippen LogP contribution in [0.15, 0.2) is 70.6 Å². The lowest BCUT2D eigenvalue weighted by Crippen LogP contribution is -2.51. The van der Waals surface area contributed by atoms with Gasteiger partial charge in [-0.05, 0) is 37.5 Å². The topological polar surface area (TPSA) is 73.8 Å². The highest BCUT2D eigenvalue weighted by Crippen LogP contribution is 2.20. The van der Waals surface area contributed by atoms with E-state index in [1.807, 2.05) is 12.1 Å². The first-order valence-corrected chi connectivity index (χ1v) is 12.2. The molecule has 0 aliphatic carbocycles. The number of piperidine rings is 1. The van der Waals surface area contributed by atoms with E-state index >= 15 is 0 Å². The Hall–Kier alpha value is -1.65. The average molecular weight is 557 g/mol. The second-order valence-electron chi connectivity index (χ2n) is 7.80. The van der Waals surface area contributed by atoms with Crippen molar-refractivity contribution in [2.24, 2.45) is 4.99 Å². The Balaban J connectivity index is 0.00000341. The van der Waals surface area contributed by atoms with Gasteiger partial charge in [0.25, 0.3) is 0 Å². The summed E-state index contributed by atoms with van der Waals surface area (Å²) in [6.07, 6.45) is 2.05. The predicted octanol–water partition coefficient (Wildman–Crippen LogP) is 3.30. The minimum Gasteiger partial charge on any atom is -0.355 e. The molecule has 0 saturated carbocycles. The van der Waals surface area contributed by atoms with Gasteiger partial charge < -0.3 is 10.6 Å². The first-order valence-electron chi connectivity index (χ1n) is 10.5. The highest BCUT2D eigenvalue weighted by Gasteiger charge is 2.26. The summed E-state index contributed by atoms with van der Waals surface area (Å²) in [5, 5.41) is 6.62. The van der Waals surface area contributed by atoms with Gasteiger partial charge >= 0.3 is 0 Å². The summed E-state index contributed by atoms with van der Waals surface area (Å²) in [4.78, 5) is 7.14. The van der Waals surface area contributed by atoms with E-state index in [0.717, 1.165) is 25.9 Å². The lowest BCUT2D eigenvalue weighted by Gasteiger charge is -2.38. The summed E-state index contributed by atoms with van der Waals surface area (Å²) in [5.74, 6) is 0.691. The van der Waals surface area contributed by atoms with E-state index in [0.29, 0.717) is 29.5 Å². The number of hydrogen-bond acceptors (Lipinski definition) is 4. The fourth-order valence-corrected chi connectivity index (χ4v) is 5.02. The molecule has 2 aromatic carbocycles. The number of benzene rings is 2. The van der Waals surface area contributed by atoms with E-state index < -0.39 is 9.84 Å². The molecule has 0 bridgehead atoms. The van der Waals surface area contributed by atoms with Gasteiger partial charge in [-0.2, -0.15) is 0 Å². The number of rotatable bonds is 7. The molecule has 0 spiro atoms. The van der Waals surface area contributed by atoms with Crippen molar-refractivity contribution < 1.29 is 8.42 Å². The maximum Gasteiger partial charge on any atom is 0.191 e. The standard InChI is InChI=1S/C23H32N4O2S.HI/c1-19-17-21(13-15-27(19)18-20-9-5-3-6-10-20)26-23(24-2)25-14-16-30(28,29)22-11-7-4-8-12-22;/h3-12,19,21H,13-18H2,1-2H3,(H2,24,25,26);1H. The largest absolute Gasteiger partial charge is 0.355 e. The number of hydrogen-bond donors (Lipinski definition) is 2. The maximum absolute atomic E-state index is 12.4. The SMILES string of the molecule is CN=C(NCCS(=O)(=O)c1ccccc1)NC1CCN(Cc2ccccc2)C(C)C1.I. The molecule has 3 rings (SSSR count). The van der Waals surface area contributed by atoms with Crippen LogP contribution in [0.4, 0.5) is 0 Å². The third-order valence-electron chi connectivity index (χ3n) is 5.57. The molecule has 6 nitrogen and oxygen atoms in total. The molecule has 2 atom stereocenters. The van der Waals surface area contributed by atoms with Crippen LogP contribution < -0.4 is 10.6 Å². The van der Waals surface area contributed by atoms with Gasteiger partial charge in [0.2, 0.25) is 0 Å². The van der Waals surface area contributed by atoms with Gasteiger partial charge in [-0.1, -0.05) is 48.5 Å². The van der Waals surface area contributed by atoms with E-state index in [1.54, 1.807) is 31.3 Å². The summed E-state index contributed by atoms with van der Waals surface area (Å²) in [6, 6.07) is 19.9. The summed E-state index contributed by atoms with van der Waals surface area (Å²) >= 11 is 0. The molecule has 8 heteroatoms. The molecule has 1 fully saturated rings. The zero-order chi connectivity index (χ0) is 21.4. The third kappa shape index (κ3) is 7.76. The van der Waals surface area contributed by atoms with Crippen LogP contribution in [0.3, 0.4) is 0 Å². The van der Waals surface area contributed by atoms with Crippen LogP contribution >= 0.6 is 24.0 Å². The number of nitrogens with one attached hydrogen (secondary N) is 2. The Morgan fingerprint density at radius 1 is 1.10 bits per heavy atom. The molecule has 2 unspecified atom stereocenters. The maximum atomic E-state index is 12.4. The Labute approximate surface area is 203 Å². The van der Waals surface area contributed by atoms with Crippen molar-refractivity contribution in [2.75, 3.05) is 25.9 Å². The van der Waals surface area contributed by atoms with Gasteiger partial charge in [-0.3, -0.25) is 9.89 Å². The van der Waals surface area contributed by atoms with E-state index in [1.165, 1.54) is 5.56 Å². The quantitative estimate of drug-likeness (QED) is 0.311. The van der Waals surface area contributed by atoms with Gasteiger partial charge in [0, 0.05) is 38.8 Å². The molecule has 1 saturated heterocycles. The van der Waals surface area contributed by atoms with Gasteiger partial charge in [-0.15, -0.1) is 24.0 Å². The van der Waals surface area contributed by atoms with Crippen LogP contribution in [-0.2, 0) is 16.4 Å². The van der Waals surface area contributed by atoms with Crippen LogP contribution in [0.5, 0.6) is 0 Å². The van der Waals surface area contributed by atoms with E-state index in [-0.39, 0.29) is 29.7 Å².